The Kier molecular flexibility index (Phi) is 4.02. The first-order valence-electron chi connectivity index (χ1n) is 5.50. The van der Waals surface area contributed by atoms with Gasteiger partial charge in [0.1, 0.15) is 5.71 Å². The largest absolute Gasteiger partial charge is 0.281 e. The molecule has 0 radical (unpaired) electrons. The van der Waals surface area contributed by atoms with E-state index < -0.39 is 17.2 Å². The average Bonchev–Trinajstić information content (AvgIpc) is 2.60. The molecule has 0 bridgehead atoms. The number of alkyl halides is 1. The zero-order chi connectivity index (χ0) is 14.0. The molecule has 1 unspecified atom stereocenters. The summed E-state index contributed by atoms with van der Waals surface area (Å²) in [5, 5.41) is -0.776. The molecular weight excluding hydrogens is 287 g/mol. The molecule has 0 N–H and O–H groups in total. The normalized spacial score (nSPS) is 21.3. The van der Waals surface area contributed by atoms with Gasteiger partial charge in [0.2, 0.25) is 0 Å². The Morgan fingerprint density at radius 1 is 1.37 bits per heavy atom. The fourth-order valence-electron chi connectivity index (χ4n) is 1.73. The maximum atomic E-state index is 12.2. The quantitative estimate of drug-likeness (QED) is 0.489. The van der Waals surface area contributed by atoms with E-state index in [0.29, 0.717) is 10.7 Å². The Labute approximate surface area is 120 Å². The minimum Gasteiger partial charge on any atom is -0.278 e. The van der Waals surface area contributed by atoms with Crippen molar-refractivity contribution in [2.75, 3.05) is 11.4 Å². The van der Waals surface area contributed by atoms with E-state index in [9.17, 15) is 9.59 Å². The number of hydrogen-bond acceptors (Lipinski definition) is 3. The lowest BCUT2D eigenvalue weighted by Gasteiger charge is -2.14. The monoisotopic (exact) mass is 296 g/mol. The van der Waals surface area contributed by atoms with E-state index in [0.717, 1.165) is 4.90 Å². The second-order valence-corrected chi connectivity index (χ2v) is 4.65. The van der Waals surface area contributed by atoms with Gasteiger partial charge in [-0.2, -0.15) is 0 Å². The summed E-state index contributed by atoms with van der Waals surface area (Å²) in [6, 6.07) is 6.57. The van der Waals surface area contributed by atoms with Crippen LogP contribution in [0.5, 0.6) is 0 Å². The van der Waals surface area contributed by atoms with Crippen LogP contribution in [0, 0.1) is 0 Å². The maximum Gasteiger partial charge on any atom is 0.281 e. The van der Waals surface area contributed by atoms with Crippen LogP contribution in [0.15, 0.2) is 41.9 Å². The molecule has 6 heteroatoms. The molecule has 2 amide bonds. The Morgan fingerprint density at radius 3 is 2.68 bits per heavy atom. The van der Waals surface area contributed by atoms with Crippen LogP contribution in [0.25, 0.3) is 0 Å². The third-order valence-corrected chi connectivity index (χ3v) is 3.30. The Bertz CT molecular complexity index is 584. The SMILES string of the molecule is C=CCN=C1C(=O)N(c2ccccc2Cl)C(=O)C1Cl. The summed E-state index contributed by atoms with van der Waals surface area (Å²) in [6.45, 7) is 3.73. The number of benzene rings is 1. The van der Waals surface area contributed by atoms with Gasteiger partial charge in [-0.25, -0.2) is 4.90 Å². The molecule has 1 aromatic rings. The molecule has 4 nitrogen and oxygen atoms in total. The van der Waals surface area contributed by atoms with Gasteiger partial charge in [-0.15, -0.1) is 18.2 Å². The summed E-state index contributed by atoms with van der Waals surface area (Å²) in [6.07, 6.45) is 1.52. The molecule has 19 heavy (non-hydrogen) atoms. The van der Waals surface area contributed by atoms with Gasteiger partial charge in [-0.1, -0.05) is 29.8 Å². The van der Waals surface area contributed by atoms with Crippen LogP contribution in [0.2, 0.25) is 5.02 Å². The molecule has 1 aliphatic heterocycles. The summed E-state index contributed by atoms with van der Waals surface area (Å²) < 4.78 is 0. The van der Waals surface area contributed by atoms with Crippen molar-refractivity contribution in [3.8, 4) is 0 Å². The molecule has 1 aromatic carbocycles. The summed E-state index contributed by atoms with van der Waals surface area (Å²) in [4.78, 5) is 29.2. The molecule has 0 aromatic heterocycles. The predicted octanol–water partition coefficient (Wildman–Crippen LogP) is 2.45. The molecule has 98 valence electrons. The first-order valence-corrected chi connectivity index (χ1v) is 6.31. The Morgan fingerprint density at radius 2 is 2.05 bits per heavy atom. The van der Waals surface area contributed by atoms with Gasteiger partial charge < -0.3 is 0 Å². The Balaban J connectivity index is 2.44. The lowest BCUT2D eigenvalue weighted by Crippen LogP contribution is -2.31. The van der Waals surface area contributed by atoms with Crippen molar-refractivity contribution in [2.24, 2.45) is 4.99 Å². The van der Waals surface area contributed by atoms with E-state index in [1.807, 2.05) is 0 Å². The van der Waals surface area contributed by atoms with Crippen LogP contribution in [-0.4, -0.2) is 29.4 Å². The number of carbonyl (C=O) groups is 2. The number of imide groups is 1. The zero-order valence-electron chi connectivity index (χ0n) is 9.85. The number of hydrogen-bond donors (Lipinski definition) is 0. The highest BCUT2D eigenvalue weighted by atomic mass is 35.5. The fraction of sp³-hybridized carbons (Fsp3) is 0.154. The molecule has 1 fully saturated rings. The van der Waals surface area contributed by atoms with Gasteiger partial charge in [0.05, 0.1) is 17.3 Å². The van der Waals surface area contributed by atoms with Gasteiger partial charge >= 0.3 is 0 Å². The van der Waals surface area contributed by atoms with Crippen molar-refractivity contribution in [1.29, 1.82) is 0 Å². The second kappa shape index (κ2) is 5.55. The molecule has 1 heterocycles. The Hall–Kier alpha value is -1.65. The second-order valence-electron chi connectivity index (χ2n) is 3.81. The van der Waals surface area contributed by atoms with E-state index in [4.69, 9.17) is 23.2 Å². The zero-order valence-corrected chi connectivity index (χ0v) is 11.4. The first kappa shape index (κ1) is 13.8. The molecule has 1 aliphatic rings. The van der Waals surface area contributed by atoms with Crippen LogP contribution in [0.3, 0.4) is 0 Å². The average molecular weight is 297 g/mol. The van der Waals surface area contributed by atoms with E-state index >= 15 is 0 Å². The highest BCUT2D eigenvalue weighted by Crippen LogP contribution is 2.30. The van der Waals surface area contributed by atoms with Crippen molar-refractivity contribution < 1.29 is 9.59 Å². The van der Waals surface area contributed by atoms with Gasteiger partial charge in [0.15, 0.2) is 5.38 Å². The van der Waals surface area contributed by atoms with Gasteiger partial charge in [-0.05, 0) is 12.1 Å². The first-order chi connectivity index (χ1) is 9.07. The number of nitrogens with zero attached hydrogens (tertiary/aromatic N) is 2. The van der Waals surface area contributed by atoms with Crippen LogP contribution in [0.1, 0.15) is 0 Å². The molecular formula is C13H10Cl2N2O2. The van der Waals surface area contributed by atoms with Crippen LogP contribution >= 0.6 is 23.2 Å². The van der Waals surface area contributed by atoms with E-state index in [-0.39, 0.29) is 12.3 Å². The summed E-state index contributed by atoms with van der Waals surface area (Å²) in [5.74, 6) is -1.08. The third kappa shape index (κ3) is 2.41. The molecule has 0 aliphatic carbocycles. The number of anilines is 1. The number of aliphatic imine (C=N–C) groups is 1. The van der Waals surface area contributed by atoms with E-state index in [2.05, 4.69) is 11.6 Å². The lowest BCUT2D eigenvalue weighted by atomic mass is 10.3. The lowest BCUT2D eigenvalue weighted by molar-refractivity contribution is -0.120. The van der Waals surface area contributed by atoms with Crippen molar-refractivity contribution in [3.63, 3.8) is 0 Å². The third-order valence-electron chi connectivity index (χ3n) is 2.58. The van der Waals surface area contributed by atoms with E-state index in [1.54, 1.807) is 24.3 Å². The van der Waals surface area contributed by atoms with Crippen molar-refractivity contribution in [1.82, 2.24) is 0 Å². The minimum absolute atomic E-state index is 0.0199. The summed E-state index contributed by atoms with van der Waals surface area (Å²) >= 11 is 11.9. The molecule has 1 saturated heterocycles. The van der Waals surface area contributed by atoms with Gasteiger partial charge in [-0.3, -0.25) is 14.6 Å². The standard InChI is InChI=1S/C13H10Cl2N2O2/c1-2-7-16-11-10(15)12(18)17(13(11)19)9-6-4-3-5-8(9)14/h2-6,10H,1,7H2. The summed E-state index contributed by atoms with van der Waals surface area (Å²) in [7, 11) is 0. The van der Waals surface area contributed by atoms with Crippen molar-refractivity contribution in [3.05, 3.63) is 41.9 Å². The van der Waals surface area contributed by atoms with Crippen LogP contribution in [-0.2, 0) is 9.59 Å². The maximum absolute atomic E-state index is 12.2. The van der Waals surface area contributed by atoms with Crippen molar-refractivity contribution in [2.45, 2.75) is 5.38 Å². The number of rotatable bonds is 3. The highest BCUT2D eigenvalue weighted by molar-refractivity contribution is 6.68. The van der Waals surface area contributed by atoms with Gasteiger partial charge in [0, 0.05) is 0 Å². The fourth-order valence-corrected chi connectivity index (χ4v) is 2.21. The van der Waals surface area contributed by atoms with Crippen molar-refractivity contribution >= 4 is 46.4 Å². The summed E-state index contributed by atoms with van der Waals surface area (Å²) in [5.41, 5.74) is 0.333. The van der Waals surface area contributed by atoms with E-state index in [1.165, 1.54) is 6.08 Å². The smallest absolute Gasteiger partial charge is 0.278 e. The highest BCUT2D eigenvalue weighted by Gasteiger charge is 2.45. The van der Waals surface area contributed by atoms with Crippen LogP contribution in [0.4, 0.5) is 5.69 Å². The molecule has 2 rings (SSSR count). The number of amides is 2. The predicted molar refractivity (Wildman–Crippen MR) is 76.1 cm³/mol. The number of halogens is 2. The van der Waals surface area contributed by atoms with Crippen LogP contribution < -0.4 is 4.90 Å². The van der Waals surface area contributed by atoms with Gasteiger partial charge in [0.25, 0.3) is 11.8 Å². The topological polar surface area (TPSA) is 49.7 Å². The number of para-hydroxylation sites is 1. The molecule has 0 saturated carbocycles. The minimum atomic E-state index is -1.08. The molecule has 0 spiro atoms. The molecule has 1 atom stereocenters. The number of carbonyl (C=O) groups excluding carboxylic acids is 2.